The Morgan fingerprint density at radius 1 is 1.48 bits per heavy atom. The van der Waals surface area contributed by atoms with Crippen molar-refractivity contribution in [1.29, 1.82) is 0 Å². The van der Waals surface area contributed by atoms with Gasteiger partial charge in [-0.25, -0.2) is 0 Å². The number of aryl methyl sites for hydroxylation is 2. The van der Waals surface area contributed by atoms with Crippen molar-refractivity contribution in [2.24, 2.45) is 0 Å². The number of rotatable bonds is 5. The van der Waals surface area contributed by atoms with E-state index in [0.29, 0.717) is 22.9 Å². The van der Waals surface area contributed by atoms with Crippen molar-refractivity contribution >= 4 is 27.5 Å². The van der Waals surface area contributed by atoms with Crippen molar-refractivity contribution in [2.75, 3.05) is 0 Å². The van der Waals surface area contributed by atoms with Crippen molar-refractivity contribution in [1.82, 2.24) is 9.78 Å². The molecule has 0 bridgehead atoms. The minimum absolute atomic E-state index is 0.372. The van der Waals surface area contributed by atoms with E-state index in [2.05, 4.69) is 21.0 Å². The lowest BCUT2D eigenvalue weighted by atomic mass is 10.1. The topological polar surface area (TPSA) is 47.3 Å². The Hall–Kier alpha value is -1.04. The van der Waals surface area contributed by atoms with Crippen LogP contribution < -0.4 is 4.74 Å². The van der Waals surface area contributed by atoms with Gasteiger partial charge in [-0.05, 0) is 54.9 Å². The van der Waals surface area contributed by atoms with Crippen LogP contribution in [0.15, 0.2) is 22.7 Å². The van der Waals surface area contributed by atoms with Crippen LogP contribution in [0, 0.1) is 6.92 Å². The summed E-state index contributed by atoms with van der Waals surface area (Å²) in [7, 11) is 0. The molecule has 0 radical (unpaired) electrons. The monoisotopic (exact) mass is 372 g/mol. The highest BCUT2D eigenvalue weighted by Crippen LogP contribution is 2.30. The Morgan fingerprint density at radius 2 is 2.19 bits per heavy atom. The summed E-state index contributed by atoms with van der Waals surface area (Å²) >= 11 is 9.51. The molecule has 21 heavy (non-hydrogen) atoms. The predicted octanol–water partition coefficient (Wildman–Crippen LogP) is 4.26. The number of aliphatic hydroxyl groups is 1. The second-order valence-corrected chi connectivity index (χ2v) is 6.04. The van der Waals surface area contributed by atoms with Gasteiger partial charge in [-0.2, -0.15) is 5.10 Å². The molecule has 1 aromatic carbocycles. The van der Waals surface area contributed by atoms with E-state index in [4.69, 9.17) is 16.3 Å². The van der Waals surface area contributed by atoms with Crippen LogP contribution in [0.25, 0.3) is 0 Å². The van der Waals surface area contributed by atoms with Crippen LogP contribution in [-0.2, 0) is 13.2 Å². The van der Waals surface area contributed by atoms with Gasteiger partial charge >= 0.3 is 0 Å². The third-order valence-corrected chi connectivity index (χ3v) is 4.51. The van der Waals surface area contributed by atoms with E-state index in [9.17, 15) is 5.11 Å². The minimum Gasteiger partial charge on any atom is -0.487 e. The lowest BCUT2D eigenvalue weighted by Crippen LogP contribution is -2.08. The highest BCUT2D eigenvalue weighted by Gasteiger charge is 2.15. The van der Waals surface area contributed by atoms with Gasteiger partial charge < -0.3 is 9.84 Å². The number of aliphatic hydroxyl groups excluding tert-OH is 1. The second kappa shape index (κ2) is 6.81. The van der Waals surface area contributed by atoms with Crippen LogP contribution in [0.1, 0.15) is 36.9 Å². The second-order valence-electron chi connectivity index (χ2n) is 4.81. The molecule has 1 atom stereocenters. The molecule has 0 aliphatic rings. The third kappa shape index (κ3) is 3.59. The van der Waals surface area contributed by atoms with E-state index >= 15 is 0 Å². The Labute approximate surface area is 137 Å². The van der Waals surface area contributed by atoms with Crippen LogP contribution in [0.2, 0.25) is 5.02 Å². The molecule has 114 valence electrons. The van der Waals surface area contributed by atoms with Gasteiger partial charge in [0.15, 0.2) is 0 Å². The Balaban J connectivity index is 2.25. The number of nitrogens with zero attached hydrogens (tertiary/aromatic N) is 2. The summed E-state index contributed by atoms with van der Waals surface area (Å²) in [6.45, 7) is 6.82. The molecule has 4 nitrogen and oxygen atoms in total. The maximum absolute atomic E-state index is 9.82. The largest absolute Gasteiger partial charge is 0.487 e. The Bertz CT molecular complexity index is 641. The Morgan fingerprint density at radius 3 is 2.81 bits per heavy atom. The van der Waals surface area contributed by atoms with Crippen molar-refractivity contribution in [3.63, 3.8) is 0 Å². The van der Waals surface area contributed by atoms with Crippen molar-refractivity contribution in [3.8, 4) is 5.75 Å². The van der Waals surface area contributed by atoms with E-state index in [1.54, 1.807) is 25.1 Å². The zero-order chi connectivity index (χ0) is 15.6. The lowest BCUT2D eigenvalue weighted by Gasteiger charge is -2.14. The summed E-state index contributed by atoms with van der Waals surface area (Å²) in [5.74, 6) is 0.628. The fourth-order valence-electron chi connectivity index (χ4n) is 2.13. The first-order chi connectivity index (χ1) is 9.93. The molecule has 0 fully saturated rings. The molecule has 0 amide bonds. The summed E-state index contributed by atoms with van der Waals surface area (Å²) in [5.41, 5.74) is 2.58. The first kappa shape index (κ1) is 16.3. The fraction of sp³-hybridized carbons (Fsp3) is 0.400. The molecule has 0 spiro atoms. The van der Waals surface area contributed by atoms with Crippen LogP contribution in [0.3, 0.4) is 0 Å². The molecule has 2 aromatic rings. The first-order valence-corrected chi connectivity index (χ1v) is 7.93. The summed E-state index contributed by atoms with van der Waals surface area (Å²) in [6.07, 6.45) is -0.639. The lowest BCUT2D eigenvalue weighted by molar-refractivity contribution is 0.189. The van der Waals surface area contributed by atoms with Crippen LogP contribution >= 0.6 is 27.5 Å². The number of benzene rings is 1. The van der Waals surface area contributed by atoms with E-state index in [0.717, 1.165) is 22.4 Å². The molecule has 6 heteroatoms. The van der Waals surface area contributed by atoms with E-state index in [-0.39, 0.29) is 0 Å². The van der Waals surface area contributed by atoms with Crippen LogP contribution in [-0.4, -0.2) is 14.9 Å². The van der Waals surface area contributed by atoms with Gasteiger partial charge in [0.25, 0.3) is 0 Å². The molecule has 1 aromatic heterocycles. The molecule has 1 heterocycles. The van der Waals surface area contributed by atoms with Gasteiger partial charge in [0.2, 0.25) is 0 Å². The average molecular weight is 374 g/mol. The average Bonchev–Trinajstić information content (AvgIpc) is 2.72. The van der Waals surface area contributed by atoms with Crippen molar-refractivity contribution in [3.05, 3.63) is 44.6 Å². The molecular weight excluding hydrogens is 356 g/mol. The zero-order valence-corrected chi connectivity index (χ0v) is 14.6. The van der Waals surface area contributed by atoms with Crippen LogP contribution in [0.4, 0.5) is 0 Å². The highest BCUT2D eigenvalue weighted by molar-refractivity contribution is 9.10. The normalized spacial score (nSPS) is 12.5. The van der Waals surface area contributed by atoms with Gasteiger partial charge in [-0.15, -0.1) is 0 Å². The zero-order valence-electron chi connectivity index (χ0n) is 12.2. The summed E-state index contributed by atoms with van der Waals surface area (Å²) in [5, 5.41) is 14.8. The molecular formula is C15H18BrClN2O2. The number of aromatic nitrogens is 2. The molecule has 0 saturated heterocycles. The smallest absolute Gasteiger partial charge is 0.131 e. The maximum atomic E-state index is 9.82. The number of halogens is 2. The number of hydrogen-bond donors (Lipinski definition) is 1. The third-order valence-electron chi connectivity index (χ3n) is 3.24. The van der Waals surface area contributed by atoms with Gasteiger partial charge in [0, 0.05) is 17.1 Å². The molecule has 0 unspecified atom stereocenters. The summed E-state index contributed by atoms with van der Waals surface area (Å²) in [6, 6.07) is 5.25. The van der Waals surface area contributed by atoms with Crippen molar-refractivity contribution < 1.29 is 9.84 Å². The minimum atomic E-state index is -0.639. The SMILES string of the molecule is CCn1nc(C)c(Br)c1COc1ccc(Cl)cc1[C@@H](C)O. The van der Waals surface area contributed by atoms with Gasteiger partial charge in [0.1, 0.15) is 12.4 Å². The first-order valence-electron chi connectivity index (χ1n) is 6.76. The van der Waals surface area contributed by atoms with Gasteiger partial charge in [-0.3, -0.25) is 4.68 Å². The fourth-order valence-corrected chi connectivity index (χ4v) is 2.71. The molecule has 2 rings (SSSR count). The predicted molar refractivity (Wildman–Crippen MR) is 86.8 cm³/mol. The van der Waals surface area contributed by atoms with E-state index < -0.39 is 6.10 Å². The molecule has 0 aliphatic heterocycles. The van der Waals surface area contributed by atoms with Crippen LogP contribution in [0.5, 0.6) is 5.75 Å². The molecule has 1 N–H and O–H groups in total. The standard InChI is InChI=1S/C15H18BrClN2O2/c1-4-19-13(15(16)9(2)18-19)8-21-14-6-5-11(17)7-12(14)10(3)20/h5-7,10,20H,4,8H2,1-3H3/t10-/m1/s1. The summed E-state index contributed by atoms with van der Waals surface area (Å²) < 4.78 is 8.72. The molecule has 0 aliphatic carbocycles. The van der Waals surface area contributed by atoms with E-state index in [1.807, 2.05) is 18.5 Å². The molecule has 0 saturated carbocycles. The summed E-state index contributed by atoms with van der Waals surface area (Å²) in [4.78, 5) is 0. The van der Waals surface area contributed by atoms with Gasteiger partial charge in [0.05, 0.1) is 22.0 Å². The number of ether oxygens (including phenoxy) is 1. The highest BCUT2D eigenvalue weighted by atomic mass is 79.9. The van der Waals surface area contributed by atoms with Gasteiger partial charge in [-0.1, -0.05) is 11.6 Å². The maximum Gasteiger partial charge on any atom is 0.131 e. The quantitative estimate of drug-likeness (QED) is 0.852. The Kier molecular flexibility index (Phi) is 5.30. The number of hydrogen-bond acceptors (Lipinski definition) is 3. The van der Waals surface area contributed by atoms with Crippen molar-refractivity contribution in [2.45, 2.75) is 40.0 Å². The van der Waals surface area contributed by atoms with E-state index in [1.165, 1.54) is 0 Å².